The van der Waals surface area contributed by atoms with Crippen LogP contribution >= 0.6 is 0 Å². The molecular formula is C26H36N6O3. The number of fused-ring (bicyclic) bond motifs is 1. The van der Waals surface area contributed by atoms with E-state index in [0.29, 0.717) is 25.0 Å². The molecule has 1 N–H and O–H groups in total. The van der Waals surface area contributed by atoms with E-state index in [2.05, 4.69) is 59.2 Å². The zero-order valence-corrected chi connectivity index (χ0v) is 21.4. The monoisotopic (exact) mass is 480 g/mol. The van der Waals surface area contributed by atoms with Gasteiger partial charge in [0.05, 0.1) is 12.6 Å². The van der Waals surface area contributed by atoms with Crippen molar-refractivity contribution in [1.82, 2.24) is 30.1 Å². The van der Waals surface area contributed by atoms with E-state index in [1.807, 2.05) is 12.1 Å². The third kappa shape index (κ3) is 5.45. The Kier molecular flexibility index (Phi) is 7.64. The minimum absolute atomic E-state index is 0.0346. The van der Waals surface area contributed by atoms with Crippen LogP contribution in [0, 0.1) is 19.8 Å². The minimum atomic E-state index is -0.368. The van der Waals surface area contributed by atoms with E-state index in [1.54, 1.807) is 11.6 Å². The zero-order chi connectivity index (χ0) is 25.1. The maximum Gasteiger partial charge on any atom is 0.327 e. The highest BCUT2D eigenvalue weighted by atomic mass is 16.5. The van der Waals surface area contributed by atoms with Crippen LogP contribution in [0.5, 0.6) is 0 Å². The molecule has 3 aromatic rings. The molecule has 0 bridgehead atoms. The first-order chi connectivity index (χ1) is 16.8. The fraction of sp³-hybridized carbons (Fsp3) is 0.577. The van der Waals surface area contributed by atoms with E-state index in [-0.39, 0.29) is 30.0 Å². The summed E-state index contributed by atoms with van der Waals surface area (Å²) in [6.07, 6.45) is 4.44. The predicted molar refractivity (Wildman–Crippen MR) is 134 cm³/mol. The third-order valence-corrected chi connectivity index (χ3v) is 7.08. The highest BCUT2D eigenvalue weighted by Crippen LogP contribution is 2.36. The number of pyridine rings is 1. The lowest BCUT2D eigenvalue weighted by Crippen LogP contribution is -2.41. The van der Waals surface area contributed by atoms with Crippen molar-refractivity contribution in [2.45, 2.75) is 85.5 Å². The number of esters is 1. The Morgan fingerprint density at radius 1 is 1.20 bits per heavy atom. The van der Waals surface area contributed by atoms with Gasteiger partial charge in [-0.25, -0.2) is 4.68 Å². The first-order valence-corrected chi connectivity index (χ1v) is 12.6. The van der Waals surface area contributed by atoms with E-state index in [4.69, 9.17) is 4.74 Å². The molecule has 0 spiro atoms. The quantitative estimate of drug-likeness (QED) is 0.464. The van der Waals surface area contributed by atoms with Crippen LogP contribution < -0.4 is 5.56 Å². The van der Waals surface area contributed by atoms with Gasteiger partial charge < -0.3 is 9.72 Å². The number of nitrogens with zero attached hydrogens (tertiary/aromatic N) is 5. The second-order valence-electron chi connectivity index (χ2n) is 9.95. The van der Waals surface area contributed by atoms with Crippen LogP contribution in [0.15, 0.2) is 23.0 Å². The maximum atomic E-state index is 13.2. The topological polar surface area (TPSA) is 106 Å². The summed E-state index contributed by atoms with van der Waals surface area (Å²) in [7, 11) is 0. The maximum absolute atomic E-state index is 13.2. The van der Waals surface area contributed by atoms with Crippen LogP contribution in [0.25, 0.3) is 10.9 Å². The Morgan fingerprint density at radius 3 is 2.60 bits per heavy atom. The van der Waals surface area contributed by atoms with E-state index >= 15 is 0 Å². The summed E-state index contributed by atoms with van der Waals surface area (Å²) in [5, 5.41) is 13.4. The summed E-state index contributed by atoms with van der Waals surface area (Å²) in [5.41, 5.74) is 3.86. The molecule has 35 heavy (non-hydrogen) atoms. The number of hydrogen-bond acceptors (Lipinski definition) is 7. The first-order valence-electron chi connectivity index (χ1n) is 12.6. The Hall–Kier alpha value is -3.07. The van der Waals surface area contributed by atoms with E-state index in [9.17, 15) is 9.59 Å². The van der Waals surface area contributed by atoms with E-state index < -0.39 is 0 Å². The fourth-order valence-electron chi connectivity index (χ4n) is 5.22. The van der Waals surface area contributed by atoms with Crippen LogP contribution in [0.1, 0.15) is 75.0 Å². The number of tetrazole rings is 1. The number of aryl methyl sites for hydroxylation is 2. The van der Waals surface area contributed by atoms with Gasteiger partial charge in [-0.05, 0) is 84.7 Å². The lowest BCUT2D eigenvalue weighted by Gasteiger charge is -2.37. The van der Waals surface area contributed by atoms with Crippen molar-refractivity contribution in [1.29, 1.82) is 0 Å². The average molecular weight is 481 g/mol. The molecular weight excluding hydrogens is 444 g/mol. The second kappa shape index (κ2) is 10.7. The molecule has 4 rings (SSSR count). The molecule has 9 heteroatoms. The molecule has 1 aliphatic carbocycles. The Bertz CT molecular complexity index is 1240. The largest absolute Gasteiger partial charge is 0.465 e. The number of ether oxygens (including phenoxy) is 1. The number of carbonyl (C=O) groups excluding carboxylic acids is 1. The first kappa shape index (κ1) is 25.0. The van der Waals surface area contributed by atoms with E-state index in [1.165, 1.54) is 5.56 Å². The number of nitrogens with one attached hydrogen (secondary N) is 1. The molecule has 1 atom stereocenters. The van der Waals surface area contributed by atoms with Crippen LogP contribution in [0.2, 0.25) is 0 Å². The minimum Gasteiger partial charge on any atom is -0.465 e. The summed E-state index contributed by atoms with van der Waals surface area (Å²) < 4.78 is 6.67. The Balaban J connectivity index is 1.73. The summed E-state index contributed by atoms with van der Waals surface area (Å²) >= 11 is 0. The van der Waals surface area contributed by atoms with Gasteiger partial charge in [-0.1, -0.05) is 26.7 Å². The standard InChI is InChI=1S/C26H36N6O3/c1-6-35-23(33)15-32-25(28-29-30-32)24(16(2)3)31(21-9-7-8-10-21)14-20-13-19-11-17(4)18(5)12-22(19)27-26(20)34/h11-13,16,21,24H,6-10,14-15H2,1-5H3,(H,27,34)/t24-/m1/s1. The molecule has 0 amide bonds. The van der Waals surface area contributed by atoms with Crippen molar-refractivity contribution in [2.75, 3.05) is 6.61 Å². The lowest BCUT2D eigenvalue weighted by atomic mass is 9.97. The Labute approximate surface area is 205 Å². The van der Waals surface area contributed by atoms with Crippen molar-refractivity contribution >= 4 is 16.9 Å². The van der Waals surface area contributed by atoms with Crippen LogP contribution in [0.4, 0.5) is 0 Å². The average Bonchev–Trinajstić information content (AvgIpc) is 3.48. The number of aromatic nitrogens is 5. The van der Waals surface area contributed by atoms with Crippen molar-refractivity contribution in [2.24, 2.45) is 5.92 Å². The third-order valence-electron chi connectivity index (χ3n) is 7.08. The molecule has 9 nitrogen and oxygen atoms in total. The van der Waals surface area contributed by atoms with Crippen molar-refractivity contribution < 1.29 is 9.53 Å². The molecule has 1 fully saturated rings. The van der Waals surface area contributed by atoms with Gasteiger partial charge in [0.1, 0.15) is 6.54 Å². The molecule has 1 saturated carbocycles. The number of carbonyl (C=O) groups is 1. The van der Waals surface area contributed by atoms with Gasteiger partial charge in [-0.2, -0.15) is 0 Å². The van der Waals surface area contributed by atoms with Crippen LogP contribution in [-0.4, -0.2) is 48.7 Å². The van der Waals surface area contributed by atoms with Gasteiger partial charge in [0, 0.05) is 23.7 Å². The highest BCUT2D eigenvalue weighted by molar-refractivity contribution is 5.80. The molecule has 1 aliphatic rings. The number of aromatic amines is 1. The molecule has 1 aromatic carbocycles. The van der Waals surface area contributed by atoms with Crippen LogP contribution in [0.3, 0.4) is 0 Å². The number of hydrogen-bond donors (Lipinski definition) is 1. The Morgan fingerprint density at radius 2 is 1.91 bits per heavy atom. The van der Waals surface area contributed by atoms with Crippen molar-refractivity contribution in [3.05, 3.63) is 51.1 Å². The van der Waals surface area contributed by atoms with Gasteiger partial charge in [0.15, 0.2) is 5.82 Å². The summed E-state index contributed by atoms with van der Waals surface area (Å²) in [4.78, 5) is 30.8. The molecule has 0 radical (unpaired) electrons. The molecule has 2 heterocycles. The number of H-pyrrole nitrogens is 1. The molecule has 0 saturated heterocycles. The lowest BCUT2D eigenvalue weighted by molar-refractivity contribution is -0.144. The van der Waals surface area contributed by atoms with Gasteiger partial charge in [0.2, 0.25) is 0 Å². The highest BCUT2D eigenvalue weighted by Gasteiger charge is 2.35. The van der Waals surface area contributed by atoms with Gasteiger partial charge in [0.25, 0.3) is 5.56 Å². The molecule has 2 aromatic heterocycles. The predicted octanol–water partition coefficient (Wildman–Crippen LogP) is 3.84. The van der Waals surface area contributed by atoms with Crippen LogP contribution in [-0.2, 0) is 22.6 Å². The van der Waals surface area contributed by atoms with Crippen molar-refractivity contribution in [3.63, 3.8) is 0 Å². The van der Waals surface area contributed by atoms with E-state index in [0.717, 1.165) is 47.7 Å². The molecule has 0 unspecified atom stereocenters. The van der Waals surface area contributed by atoms with Gasteiger partial charge >= 0.3 is 5.97 Å². The smallest absolute Gasteiger partial charge is 0.327 e. The normalized spacial score (nSPS) is 15.4. The fourth-order valence-corrected chi connectivity index (χ4v) is 5.22. The SMILES string of the molecule is CCOC(=O)Cn1nnnc1[C@@H](C(C)C)N(Cc1cc2cc(C)c(C)cc2[nH]c1=O)C1CCCC1. The summed E-state index contributed by atoms with van der Waals surface area (Å²) in [6.45, 7) is 10.9. The van der Waals surface area contributed by atoms with Gasteiger partial charge in [-0.3, -0.25) is 14.5 Å². The molecule has 188 valence electrons. The van der Waals surface area contributed by atoms with Crippen molar-refractivity contribution in [3.8, 4) is 0 Å². The molecule has 0 aliphatic heterocycles. The summed E-state index contributed by atoms with van der Waals surface area (Å²) in [6, 6.07) is 6.33. The zero-order valence-electron chi connectivity index (χ0n) is 21.4. The van der Waals surface area contributed by atoms with Gasteiger partial charge in [-0.15, -0.1) is 5.10 Å². The second-order valence-corrected chi connectivity index (χ2v) is 9.95. The number of benzene rings is 1. The summed E-state index contributed by atoms with van der Waals surface area (Å²) in [5.74, 6) is 0.420. The number of rotatable bonds is 9.